The van der Waals surface area contributed by atoms with Crippen LogP contribution in [0.2, 0.25) is 0 Å². The third kappa shape index (κ3) is 35.3. The summed E-state index contributed by atoms with van der Waals surface area (Å²) in [4.78, 5) is 62.5. The van der Waals surface area contributed by atoms with Crippen LogP contribution in [-0.2, 0) is 52.4 Å². The fraction of sp³-hybridized carbons (Fsp3) is 0.909. The van der Waals surface area contributed by atoms with Crippen LogP contribution in [0.15, 0.2) is 0 Å². The van der Waals surface area contributed by atoms with E-state index in [9.17, 15) is 39.3 Å². The Morgan fingerprint density at radius 2 is 1.12 bits per heavy atom. The minimum absolute atomic E-state index is 0.0434. The maximum atomic E-state index is 12.9. The van der Waals surface area contributed by atoms with E-state index in [1.807, 2.05) is 27.7 Å². The topological polar surface area (TPSA) is 238 Å². The number of carbonyl (C=O) groups is 5. The lowest BCUT2D eigenvalue weighted by atomic mass is 9.97. The molecule has 1 heterocycles. The van der Waals surface area contributed by atoms with Crippen molar-refractivity contribution in [3.05, 3.63) is 0 Å². The normalized spacial score (nSPS) is 18.6. The third-order valence-corrected chi connectivity index (χ3v) is 13.1. The fourth-order valence-corrected chi connectivity index (χ4v) is 8.47. The van der Waals surface area contributed by atoms with Gasteiger partial charge in [0.25, 0.3) is 0 Å². The van der Waals surface area contributed by atoms with E-state index in [0.29, 0.717) is 38.9 Å². The van der Waals surface area contributed by atoms with Gasteiger partial charge in [-0.05, 0) is 53.4 Å². The molecule has 0 aromatic carbocycles. The minimum atomic E-state index is -1.45. The summed E-state index contributed by atoms with van der Waals surface area (Å²) < 4.78 is 34.7. The molecule has 1 aliphatic rings. The van der Waals surface area contributed by atoms with Gasteiger partial charge in [-0.15, -0.1) is 0 Å². The quantitative estimate of drug-likeness (QED) is 0.0249. The highest BCUT2D eigenvalue weighted by atomic mass is 16.7. The van der Waals surface area contributed by atoms with Gasteiger partial charge in [-0.3, -0.25) is 24.0 Å². The fourth-order valence-electron chi connectivity index (χ4n) is 8.47. The molecular weight excluding hydrogens is 927 g/mol. The van der Waals surface area contributed by atoms with Crippen molar-refractivity contribution in [2.75, 3.05) is 46.2 Å². The van der Waals surface area contributed by atoms with Crippen LogP contribution in [0.25, 0.3) is 0 Å². The maximum Gasteiger partial charge on any atom is 0.306 e. The molecule has 6 atom stereocenters. The number of unbranched alkanes of at least 4 members (excludes halogenated alkanes) is 20. The number of esters is 2. The van der Waals surface area contributed by atoms with E-state index in [4.69, 9.17) is 28.4 Å². The average molecular weight is 1030 g/mol. The maximum absolute atomic E-state index is 12.9. The van der Waals surface area contributed by atoms with E-state index in [1.54, 1.807) is 0 Å². The third-order valence-electron chi connectivity index (χ3n) is 13.1. The highest BCUT2D eigenvalue weighted by Crippen LogP contribution is 2.23. The van der Waals surface area contributed by atoms with E-state index < -0.39 is 60.4 Å². The molecule has 17 heteroatoms. The van der Waals surface area contributed by atoms with Crippen LogP contribution in [-0.4, -0.2) is 139 Å². The second-order valence-corrected chi connectivity index (χ2v) is 21.1. The van der Waals surface area contributed by atoms with Gasteiger partial charge in [-0.1, -0.05) is 142 Å². The summed E-state index contributed by atoms with van der Waals surface area (Å²) in [5.41, 5.74) is -1.20. The number of amides is 3. The van der Waals surface area contributed by atoms with Crippen molar-refractivity contribution in [3.8, 4) is 0 Å². The van der Waals surface area contributed by atoms with Crippen LogP contribution in [0.5, 0.6) is 0 Å². The molecule has 422 valence electrons. The molecule has 72 heavy (non-hydrogen) atoms. The molecule has 1 saturated heterocycles. The van der Waals surface area contributed by atoms with Crippen LogP contribution in [0.1, 0.15) is 228 Å². The van der Waals surface area contributed by atoms with Crippen LogP contribution < -0.4 is 16.0 Å². The number of carbonyl (C=O) groups excluding carboxylic acids is 5. The van der Waals surface area contributed by atoms with Crippen molar-refractivity contribution in [2.45, 2.75) is 276 Å². The summed E-state index contributed by atoms with van der Waals surface area (Å²) in [5, 5.41) is 38.2. The molecular formula is C55H103N3O14. The SMILES string of the molecule is CCCCCCCCCCCCCC(=O)OCC(COCCC(C)(C)OCCC(C)(C)NC(=O)CCC(=O)NCCOC1OC(CO)C(O)C(O)C1NC(C)=O)OC(=O)CCCCCCCCCCCCC. The number of nitrogens with one attached hydrogen (secondary N) is 3. The van der Waals surface area contributed by atoms with Gasteiger partial charge in [0, 0.05) is 57.9 Å². The predicted molar refractivity (Wildman–Crippen MR) is 279 cm³/mol. The van der Waals surface area contributed by atoms with E-state index in [2.05, 4.69) is 29.8 Å². The number of hydrogen-bond acceptors (Lipinski definition) is 14. The lowest BCUT2D eigenvalue weighted by Crippen LogP contribution is -2.64. The molecule has 3 amide bonds. The first-order valence-corrected chi connectivity index (χ1v) is 28.1. The second kappa shape index (κ2) is 41.3. The highest BCUT2D eigenvalue weighted by molar-refractivity contribution is 5.84. The van der Waals surface area contributed by atoms with Crippen molar-refractivity contribution in [3.63, 3.8) is 0 Å². The van der Waals surface area contributed by atoms with Crippen molar-refractivity contribution in [2.24, 2.45) is 0 Å². The van der Waals surface area contributed by atoms with Crippen LogP contribution >= 0.6 is 0 Å². The van der Waals surface area contributed by atoms with Gasteiger partial charge in [-0.2, -0.15) is 0 Å². The van der Waals surface area contributed by atoms with Gasteiger partial charge in [0.15, 0.2) is 12.4 Å². The molecule has 17 nitrogen and oxygen atoms in total. The van der Waals surface area contributed by atoms with Gasteiger partial charge >= 0.3 is 11.9 Å². The zero-order valence-corrected chi connectivity index (χ0v) is 46.0. The van der Waals surface area contributed by atoms with Crippen molar-refractivity contribution >= 4 is 29.7 Å². The van der Waals surface area contributed by atoms with Crippen molar-refractivity contribution in [1.29, 1.82) is 0 Å². The molecule has 0 aromatic heterocycles. The first-order valence-electron chi connectivity index (χ1n) is 28.1. The van der Waals surface area contributed by atoms with E-state index in [-0.39, 0.29) is 63.0 Å². The second-order valence-electron chi connectivity index (χ2n) is 21.1. The van der Waals surface area contributed by atoms with Gasteiger partial charge in [-0.25, -0.2) is 0 Å². The Kier molecular flexibility index (Phi) is 38.5. The molecule has 0 bridgehead atoms. The van der Waals surface area contributed by atoms with Gasteiger partial charge in [0.05, 0.1) is 25.4 Å². The van der Waals surface area contributed by atoms with E-state index in [1.165, 1.54) is 110 Å². The smallest absolute Gasteiger partial charge is 0.306 e. The molecule has 1 aliphatic heterocycles. The summed E-state index contributed by atoms with van der Waals surface area (Å²) in [6, 6.07) is -1.09. The first-order chi connectivity index (χ1) is 34.4. The van der Waals surface area contributed by atoms with Crippen LogP contribution in [0.4, 0.5) is 0 Å². The summed E-state index contributed by atoms with van der Waals surface area (Å²) in [5.74, 6) is -1.76. The molecule has 0 aliphatic carbocycles. The number of aliphatic hydroxyl groups excluding tert-OH is 3. The number of aliphatic hydroxyl groups is 3. The standard InChI is InChI=1S/C55H103N3O14/c1-8-10-12-14-16-18-20-22-24-26-28-30-48(63)69-42-44(71-49(64)31-29-27-25-23-21-19-17-15-13-11-9-2)41-67-37-35-55(6,7)70-38-34-54(4,5)58-47(62)33-32-46(61)56-36-39-68-53-50(57-43(3)60)52(66)51(65)45(40-59)72-53/h44-45,50-53,59,65-66H,8-42H2,1-7H3,(H,56,61)(H,57,60)(H,58,62). The summed E-state index contributed by atoms with van der Waals surface area (Å²) in [6.07, 6.45) is 22.0. The largest absolute Gasteiger partial charge is 0.462 e. The summed E-state index contributed by atoms with van der Waals surface area (Å²) in [7, 11) is 0. The molecule has 0 radical (unpaired) electrons. The molecule has 0 saturated carbocycles. The number of hydrogen-bond donors (Lipinski definition) is 6. The van der Waals surface area contributed by atoms with Crippen molar-refractivity contribution < 1.29 is 67.7 Å². The predicted octanol–water partition coefficient (Wildman–Crippen LogP) is 8.19. The van der Waals surface area contributed by atoms with Crippen LogP contribution in [0, 0.1) is 0 Å². The summed E-state index contributed by atoms with van der Waals surface area (Å²) >= 11 is 0. The van der Waals surface area contributed by atoms with Crippen molar-refractivity contribution in [1.82, 2.24) is 16.0 Å². The monoisotopic (exact) mass is 1030 g/mol. The lowest BCUT2D eigenvalue weighted by Gasteiger charge is -2.42. The molecule has 0 spiro atoms. The Bertz CT molecular complexity index is 1430. The first kappa shape index (κ1) is 67.1. The number of ether oxygens (including phenoxy) is 6. The van der Waals surface area contributed by atoms with Crippen LogP contribution in [0.3, 0.4) is 0 Å². The lowest BCUT2D eigenvalue weighted by molar-refractivity contribution is -0.269. The van der Waals surface area contributed by atoms with E-state index in [0.717, 1.165) is 38.5 Å². The molecule has 6 N–H and O–H groups in total. The average Bonchev–Trinajstić information content (AvgIpc) is 3.32. The van der Waals surface area contributed by atoms with Gasteiger partial charge in [0.2, 0.25) is 17.7 Å². The molecule has 1 fully saturated rings. The van der Waals surface area contributed by atoms with E-state index >= 15 is 0 Å². The Morgan fingerprint density at radius 1 is 0.611 bits per heavy atom. The Balaban J connectivity index is 2.47. The number of rotatable bonds is 46. The Hall–Kier alpha value is -2.93. The van der Waals surface area contributed by atoms with Gasteiger partial charge in [0.1, 0.15) is 31.0 Å². The summed E-state index contributed by atoms with van der Waals surface area (Å²) in [6.45, 7) is 13.5. The Labute approximate surface area is 434 Å². The highest BCUT2D eigenvalue weighted by Gasteiger charge is 2.45. The zero-order chi connectivity index (χ0) is 53.5. The minimum Gasteiger partial charge on any atom is -0.462 e. The molecule has 0 aromatic rings. The Morgan fingerprint density at radius 3 is 1.65 bits per heavy atom. The molecule has 1 rings (SSSR count). The zero-order valence-electron chi connectivity index (χ0n) is 46.0. The van der Waals surface area contributed by atoms with Gasteiger partial charge < -0.3 is 59.7 Å². The molecule has 6 unspecified atom stereocenters.